The SMILES string of the molecule is CC1CCC(CN(C)C2CC2)(C(=O)O)CC1. The summed E-state index contributed by atoms with van der Waals surface area (Å²) in [6, 6.07) is 0.663. The first-order valence-electron chi connectivity index (χ1n) is 6.47. The molecule has 0 radical (unpaired) electrons. The average molecular weight is 225 g/mol. The number of hydrogen-bond acceptors (Lipinski definition) is 2. The summed E-state index contributed by atoms with van der Waals surface area (Å²) in [5, 5.41) is 9.50. The number of carboxylic acid groups (broad SMARTS) is 1. The van der Waals surface area contributed by atoms with Crippen molar-refractivity contribution in [1.82, 2.24) is 4.90 Å². The van der Waals surface area contributed by atoms with Crippen molar-refractivity contribution in [2.75, 3.05) is 13.6 Å². The van der Waals surface area contributed by atoms with Crippen molar-refractivity contribution in [3.63, 3.8) is 0 Å². The highest BCUT2D eigenvalue weighted by Crippen LogP contribution is 2.41. The molecule has 92 valence electrons. The smallest absolute Gasteiger partial charge is 0.310 e. The largest absolute Gasteiger partial charge is 0.481 e. The number of rotatable bonds is 4. The third kappa shape index (κ3) is 2.40. The number of nitrogens with zero attached hydrogens (tertiary/aromatic N) is 1. The van der Waals surface area contributed by atoms with E-state index < -0.39 is 11.4 Å². The molecule has 2 rings (SSSR count). The summed E-state index contributed by atoms with van der Waals surface area (Å²) < 4.78 is 0. The van der Waals surface area contributed by atoms with Crippen molar-refractivity contribution in [3.05, 3.63) is 0 Å². The molecule has 0 saturated heterocycles. The number of carboxylic acids is 1. The van der Waals surface area contributed by atoms with Crippen molar-refractivity contribution in [2.45, 2.75) is 51.5 Å². The highest BCUT2D eigenvalue weighted by Gasteiger charge is 2.43. The van der Waals surface area contributed by atoms with Gasteiger partial charge in [-0.05, 0) is 51.5 Å². The minimum atomic E-state index is -0.577. The summed E-state index contributed by atoms with van der Waals surface area (Å²) in [4.78, 5) is 13.8. The Morgan fingerprint density at radius 2 is 1.88 bits per heavy atom. The summed E-state index contributed by atoms with van der Waals surface area (Å²) >= 11 is 0. The van der Waals surface area contributed by atoms with Crippen molar-refractivity contribution in [2.24, 2.45) is 11.3 Å². The Morgan fingerprint density at radius 1 is 1.31 bits per heavy atom. The van der Waals surface area contributed by atoms with E-state index in [4.69, 9.17) is 0 Å². The first-order valence-corrected chi connectivity index (χ1v) is 6.47. The van der Waals surface area contributed by atoms with Crippen LogP contribution in [0.15, 0.2) is 0 Å². The van der Waals surface area contributed by atoms with Gasteiger partial charge in [0, 0.05) is 12.6 Å². The van der Waals surface area contributed by atoms with E-state index in [9.17, 15) is 9.90 Å². The van der Waals surface area contributed by atoms with Crippen molar-refractivity contribution in [1.29, 1.82) is 0 Å². The highest BCUT2D eigenvalue weighted by molar-refractivity contribution is 5.75. The molecule has 0 unspecified atom stereocenters. The Bertz CT molecular complexity index is 265. The molecule has 3 nitrogen and oxygen atoms in total. The fourth-order valence-corrected chi connectivity index (χ4v) is 2.88. The van der Waals surface area contributed by atoms with Crippen LogP contribution in [0.4, 0.5) is 0 Å². The maximum absolute atomic E-state index is 11.5. The van der Waals surface area contributed by atoms with Gasteiger partial charge in [-0.3, -0.25) is 4.79 Å². The lowest BCUT2D eigenvalue weighted by molar-refractivity contribution is -0.153. The second-order valence-electron chi connectivity index (χ2n) is 5.91. The van der Waals surface area contributed by atoms with Crippen LogP contribution in [0, 0.1) is 11.3 Å². The quantitative estimate of drug-likeness (QED) is 0.798. The molecule has 0 aliphatic heterocycles. The fraction of sp³-hybridized carbons (Fsp3) is 0.923. The van der Waals surface area contributed by atoms with Gasteiger partial charge in [0.25, 0.3) is 0 Å². The molecular formula is C13H23NO2. The fourth-order valence-electron chi connectivity index (χ4n) is 2.88. The molecule has 2 aliphatic rings. The molecule has 0 atom stereocenters. The second kappa shape index (κ2) is 4.36. The molecule has 2 aliphatic carbocycles. The maximum atomic E-state index is 11.5. The zero-order valence-electron chi connectivity index (χ0n) is 10.4. The van der Waals surface area contributed by atoms with Crippen LogP contribution in [-0.2, 0) is 4.79 Å². The van der Waals surface area contributed by atoms with Gasteiger partial charge in [-0.1, -0.05) is 6.92 Å². The minimum Gasteiger partial charge on any atom is -0.481 e. The van der Waals surface area contributed by atoms with Crippen molar-refractivity contribution >= 4 is 5.97 Å². The van der Waals surface area contributed by atoms with Gasteiger partial charge in [0.05, 0.1) is 5.41 Å². The highest BCUT2D eigenvalue weighted by atomic mass is 16.4. The predicted octanol–water partition coefficient (Wildman–Crippen LogP) is 2.36. The molecule has 0 bridgehead atoms. The normalized spacial score (nSPS) is 35.3. The third-order valence-electron chi connectivity index (χ3n) is 4.41. The second-order valence-corrected chi connectivity index (χ2v) is 5.91. The van der Waals surface area contributed by atoms with Crippen molar-refractivity contribution < 1.29 is 9.90 Å². The third-order valence-corrected chi connectivity index (χ3v) is 4.41. The molecule has 2 fully saturated rings. The Morgan fingerprint density at radius 3 is 2.31 bits per heavy atom. The molecule has 2 saturated carbocycles. The van der Waals surface area contributed by atoms with E-state index in [-0.39, 0.29) is 0 Å². The van der Waals surface area contributed by atoms with E-state index in [1.54, 1.807) is 0 Å². The van der Waals surface area contributed by atoms with E-state index in [2.05, 4.69) is 18.9 Å². The molecule has 0 heterocycles. The van der Waals surface area contributed by atoms with Crippen LogP contribution >= 0.6 is 0 Å². The maximum Gasteiger partial charge on any atom is 0.310 e. The molecule has 16 heavy (non-hydrogen) atoms. The standard InChI is InChI=1S/C13H23NO2/c1-10-5-7-13(8-6-10,12(15)16)9-14(2)11-3-4-11/h10-11H,3-9H2,1-2H3,(H,15,16). The number of hydrogen-bond donors (Lipinski definition) is 1. The Hall–Kier alpha value is -0.570. The lowest BCUT2D eigenvalue weighted by atomic mass is 9.70. The molecular weight excluding hydrogens is 202 g/mol. The van der Waals surface area contributed by atoms with E-state index in [1.807, 2.05) is 0 Å². The Labute approximate surface area is 97.8 Å². The zero-order valence-corrected chi connectivity index (χ0v) is 10.4. The van der Waals surface area contributed by atoms with Gasteiger partial charge in [-0.25, -0.2) is 0 Å². The molecule has 0 aromatic heterocycles. The molecule has 3 heteroatoms. The summed E-state index contributed by atoms with van der Waals surface area (Å²) in [6.07, 6.45) is 6.38. The van der Waals surface area contributed by atoms with Gasteiger partial charge in [0.15, 0.2) is 0 Å². The molecule has 0 spiro atoms. The summed E-state index contributed by atoms with van der Waals surface area (Å²) in [5.74, 6) is 0.130. The first kappa shape index (κ1) is 11.9. The van der Waals surface area contributed by atoms with Crippen LogP contribution in [0.3, 0.4) is 0 Å². The van der Waals surface area contributed by atoms with Gasteiger partial charge >= 0.3 is 5.97 Å². The van der Waals surface area contributed by atoms with Gasteiger partial charge < -0.3 is 10.0 Å². The molecule has 0 aromatic carbocycles. The predicted molar refractivity (Wildman–Crippen MR) is 63.4 cm³/mol. The van der Waals surface area contributed by atoms with Crippen LogP contribution in [0.25, 0.3) is 0 Å². The topological polar surface area (TPSA) is 40.5 Å². The van der Waals surface area contributed by atoms with Crippen LogP contribution in [0.5, 0.6) is 0 Å². The lowest BCUT2D eigenvalue weighted by Gasteiger charge is -2.38. The van der Waals surface area contributed by atoms with E-state index in [0.29, 0.717) is 12.0 Å². The number of carbonyl (C=O) groups is 1. The van der Waals surface area contributed by atoms with Gasteiger partial charge in [-0.2, -0.15) is 0 Å². The summed E-state index contributed by atoms with van der Waals surface area (Å²) in [7, 11) is 2.08. The minimum absolute atomic E-state index is 0.455. The molecule has 1 N–H and O–H groups in total. The van der Waals surface area contributed by atoms with Gasteiger partial charge in [0.2, 0.25) is 0 Å². The van der Waals surface area contributed by atoms with Crippen LogP contribution in [-0.4, -0.2) is 35.6 Å². The van der Waals surface area contributed by atoms with Gasteiger partial charge in [0.1, 0.15) is 0 Å². The summed E-state index contributed by atoms with van der Waals surface area (Å²) in [5.41, 5.74) is -0.455. The van der Waals surface area contributed by atoms with Crippen molar-refractivity contribution in [3.8, 4) is 0 Å². The van der Waals surface area contributed by atoms with Crippen LogP contribution < -0.4 is 0 Å². The molecule has 0 aromatic rings. The number of aliphatic carboxylic acids is 1. The van der Waals surface area contributed by atoms with E-state index in [0.717, 1.165) is 32.2 Å². The lowest BCUT2D eigenvalue weighted by Crippen LogP contribution is -2.44. The Balaban J connectivity index is 2.00. The molecule has 0 amide bonds. The van der Waals surface area contributed by atoms with Crippen LogP contribution in [0.2, 0.25) is 0 Å². The zero-order chi connectivity index (χ0) is 11.8. The van der Waals surface area contributed by atoms with Crippen LogP contribution in [0.1, 0.15) is 45.4 Å². The van der Waals surface area contributed by atoms with Gasteiger partial charge in [-0.15, -0.1) is 0 Å². The van der Waals surface area contributed by atoms with E-state index in [1.165, 1.54) is 12.8 Å². The first-order chi connectivity index (χ1) is 7.53. The summed E-state index contributed by atoms with van der Waals surface area (Å²) in [6.45, 7) is 2.98. The van der Waals surface area contributed by atoms with E-state index >= 15 is 0 Å². The average Bonchev–Trinajstić information content (AvgIpc) is 3.04. The Kier molecular flexibility index (Phi) is 3.24. The monoisotopic (exact) mass is 225 g/mol.